The van der Waals surface area contributed by atoms with Gasteiger partial charge in [0.1, 0.15) is 67.1 Å². The van der Waals surface area contributed by atoms with Gasteiger partial charge < -0.3 is 93.0 Å². The molecule has 76 heavy (non-hydrogen) atoms. The van der Waals surface area contributed by atoms with Crippen LogP contribution in [-0.4, -0.2) is 193 Å². The van der Waals surface area contributed by atoms with E-state index in [1.54, 1.807) is 0 Å². The number of esters is 1. The number of carboxylic acid groups (broad SMARTS) is 1. The molecule has 0 unspecified atom stereocenters. The van der Waals surface area contributed by atoms with E-state index in [-0.39, 0.29) is 79.0 Å². The molecule has 0 spiro atoms. The molecule has 2 aromatic carbocycles. The van der Waals surface area contributed by atoms with E-state index in [0.29, 0.717) is 31.4 Å². The van der Waals surface area contributed by atoms with Gasteiger partial charge in [0.25, 0.3) is 0 Å². The van der Waals surface area contributed by atoms with Gasteiger partial charge in [0.2, 0.25) is 0 Å². The molecule has 0 bridgehead atoms. The number of benzene rings is 2. The minimum atomic E-state index is -1.94. The maximum Gasteiger partial charge on any atom is 1.00 e. The summed E-state index contributed by atoms with van der Waals surface area (Å²) in [6.07, 6.45) is -14.8. The van der Waals surface area contributed by atoms with Crippen LogP contribution in [0.4, 0.5) is 0 Å². The zero-order chi connectivity index (χ0) is 54.0. The number of carboxylic acids is 1. The molecule has 4 aliphatic rings. The van der Waals surface area contributed by atoms with Gasteiger partial charge in [-0.15, -0.1) is 0 Å². The molecule has 3 heterocycles. The Hall–Kier alpha value is -3.11. The number of ether oxygens (including phenoxy) is 11. The van der Waals surface area contributed by atoms with Crippen molar-refractivity contribution in [1.82, 2.24) is 0 Å². The maximum atomic E-state index is 14.5. The number of nitrogens with zero attached hydrogens (tertiary/aromatic N) is 1. The summed E-state index contributed by atoms with van der Waals surface area (Å²) in [4.78, 5) is 28.9. The van der Waals surface area contributed by atoms with Crippen LogP contribution in [-0.2, 0) is 58.8 Å². The van der Waals surface area contributed by atoms with E-state index in [0.717, 1.165) is 56.9 Å². The second kappa shape index (κ2) is 32.2. The molecule has 23 heteroatoms. The van der Waals surface area contributed by atoms with Crippen LogP contribution >= 0.6 is 0 Å². The number of aliphatic hydroxyl groups excluding tert-OH is 6. The Morgan fingerprint density at radius 2 is 1.39 bits per heavy atom. The topological polar surface area (TPSA) is 313 Å². The molecule has 2 aromatic rings. The largest absolute Gasteiger partial charge is 1.00 e. The summed E-state index contributed by atoms with van der Waals surface area (Å²) in [6.45, 7) is 0.489. The first-order valence-corrected chi connectivity index (χ1v) is 26.1. The van der Waals surface area contributed by atoms with Crippen LogP contribution in [0.1, 0.15) is 102 Å². The second-order valence-corrected chi connectivity index (χ2v) is 19.6. The van der Waals surface area contributed by atoms with Crippen LogP contribution in [0.5, 0.6) is 11.5 Å². The fraction of sp³-hybridized carbons (Fsp3) is 0.717. The molecule has 4 fully saturated rings. The third kappa shape index (κ3) is 17.7. The number of carbonyl (C=O) groups excluding carboxylic acids is 1. The van der Waals surface area contributed by atoms with Crippen molar-refractivity contribution >= 4 is 17.8 Å². The van der Waals surface area contributed by atoms with Gasteiger partial charge in [0, 0.05) is 13.0 Å². The number of hydrogen-bond donors (Lipinski definition) is 7. The van der Waals surface area contributed by atoms with Gasteiger partial charge in [-0.2, -0.15) is 0 Å². The molecule has 422 valence electrons. The SMILES string of the molecule is COC(=O)CCCCCCCCO[C@@H]1O[C@H](COCc2ccccc2)[C@@H](O[C@@H]2O[C@H](CO)[C@H](O)[C@H](O[C@@H](CC3CCCCC3)C(=O)O)[C@H]2O)[C@H](O[C@@H]2O[C@@H](C)[C@@H](O)[C@@H](O)[C@@H]2O)[C@H]1N=C([O-])c1ccc(OC)c(OC)c1.[Na+]. The number of hydrogen-bond acceptors (Lipinski definition) is 21. The number of aliphatic hydroxyl groups is 6. The summed E-state index contributed by atoms with van der Waals surface area (Å²) < 4.78 is 66.4. The molecule has 0 aromatic heterocycles. The predicted octanol–water partition coefficient (Wildman–Crippen LogP) is -1.11. The molecule has 6 rings (SSSR count). The van der Waals surface area contributed by atoms with Gasteiger partial charge >= 0.3 is 41.5 Å². The minimum Gasteiger partial charge on any atom is -0.858 e. The van der Waals surface area contributed by atoms with Crippen molar-refractivity contribution < 1.29 is 132 Å². The second-order valence-electron chi connectivity index (χ2n) is 19.6. The molecule has 1 saturated carbocycles. The average molecular weight is 1090 g/mol. The minimum absolute atomic E-state index is 0. The normalized spacial score (nSPS) is 31.7. The van der Waals surface area contributed by atoms with E-state index in [1.807, 2.05) is 30.3 Å². The number of unbranched alkanes of at least 4 members (excludes halogenated alkanes) is 5. The van der Waals surface area contributed by atoms with Gasteiger partial charge in [-0.1, -0.05) is 94.2 Å². The van der Waals surface area contributed by atoms with E-state index in [1.165, 1.54) is 46.5 Å². The van der Waals surface area contributed by atoms with Crippen molar-refractivity contribution in [2.45, 2.75) is 195 Å². The molecule has 3 aliphatic heterocycles. The number of methoxy groups -OCH3 is 3. The molecule has 0 radical (unpaired) electrons. The molecular formula is C53H78NNaO21. The fourth-order valence-electron chi connectivity index (χ4n) is 9.94. The monoisotopic (exact) mass is 1090 g/mol. The van der Waals surface area contributed by atoms with Crippen molar-refractivity contribution in [2.24, 2.45) is 10.9 Å². The third-order valence-electron chi connectivity index (χ3n) is 14.3. The Morgan fingerprint density at radius 3 is 2.07 bits per heavy atom. The zero-order valence-corrected chi connectivity index (χ0v) is 46.2. The molecule has 1 aliphatic carbocycles. The van der Waals surface area contributed by atoms with Gasteiger partial charge in [-0.05, 0) is 61.3 Å². The first kappa shape index (κ1) is 63.7. The van der Waals surface area contributed by atoms with Crippen molar-refractivity contribution in [3.63, 3.8) is 0 Å². The summed E-state index contributed by atoms with van der Waals surface area (Å²) in [7, 11) is 4.18. The quantitative estimate of drug-likeness (QED) is 0.0175. The van der Waals surface area contributed by atoms with Crippen LogP contribution in [0, 0.1) is 5.92 Å². The summed E-state index contributed by atoms with van der Waals surface area (Å²) >= 11 is 0. The standard InChI is InChI=1S/C53H79NO21.Na/c1-30-41(57)43(59)44(60)52(70-30)75-47-40(54-49(62)33-22-23-34(65-2)35(26-33)66-3)51(69-24-16-8-6-5-7-15-21-39(56)67-4)73-38(29-68-28-32-19-13-10-14-20-32)46(47)74-53-45(61)48(42(58)37(27-55)72-53)71-36(50(63)64)25-31-17-11-9-12-18-31;/h10,13-14,19-20,22-23,26,30-31,36-38,40-48,51-53,55,57-61H,5-9,11-12,15-18,21,24-25,27-29H2,1-4H3,(H,54,62)(H,63,64);/q;+1/p-1/t30-,36-,37+,38+,40+,41+,42-,43+,44-,45+,46+,47+,48-,51+,52-,53-;/m0./s1. The number of carbonyl (C=O) groups is 2. The molecule has 22 nitrogen and oxygen atoms in total. The van der Waals surface area contributed by atoms with E-state index in [4.69, 9.17) is 52.1 Å². The third-order valence-corrected chi connectivity index (χ3v) is 14.3. The van der Waals surface area contributed by atoms with Gasteiger partial charge in [0.05, 0.1) is 47.3 Å². The smallest absolute Gasteiger partial charge is 0.858 e. The van der Waals surface area contributed by atoms with Crippen molar-refractivity contribution in [3.8, 4) is 11.5 Å². The first-order valence-electron chi connectivity index (χ1n) is 26.1. The van der Waals surface area contributed by atoms with Crippen molar-refractivity contribution in [3.05, 3.63) is 59.7 Å². The first-order chi connectivity index (χ1) is 36.2. The van der Waals surface area contributed by atoms with Crippen LogP contribution in [0.2, 0.25) is 0 Å². The van der Waals surface area contributed by atoms with Crippen molar-refractivity contribution in [2.75, 3.05) is 41.2 Å². The van der Waals surface area contributed by atoms with Gasteiger partial charge in [-0.25, -0.2) is 4.79 Å². The molecule has 0 amide bonds. The van der Waals surface area contributed by atoms with Gasteiger partial charge in [0.15, 0.2) is 36.5 Å². The van der Waals surface area contributed by atoms with E-state index >= 15 is 0 Å². The predicted molar refractivity (Wildman–Crippen MR) is 262 cm³/mol. The van der Waals surface area contributed by atoms with E-state index < -0.39 is 117 Å². The molecule has 7 N–H and O–H groups in total. The molecule has 16 atom stereocenters. The Balaban J connectivity index is 0.0000107. The van der Waals surface area contributed by atoms with Gasteiger partial charge in [-0.3, -0.25) is 9.79 Å². The van der Waals surface area contributed by atoms with E-state index in [9.17, 15) is 50.4 Å². The summed E-state index contributed by atoms with van der Waals surface area (Å²) in [6, 6.07) is 12.0. The van der Waals surface area contributed by atoms with Crippen LogP contribution in [0.15, 0.2) is 53.5 Å². The summed E-state index contributed by atoms with van der Waals surface area (Å²) in [5.74, 6) is -1.85. The zero-order valence-electron chi connectivity index (χ0n) is 44.2. The Kier molecular flexibility index (Phi) is 27.0. The summed E-state index contributed by atoms with van der Waals surface area (Å²) in [5.41, 5.74) is 0.827. The number of aliphatic imine (C=N–C) groups is 1. The number of aliphatic carboxylic acids is 1. The maximum absolute atomic E-state index is 14.5. The van der Waals surface area contributed by atoms with Crippen molar-refractivity contribution in [1.29, 1.82) is 0 Å². The molecule has 3 saturated heterocycles. The average Bonchev–Trinajstić information content (AvgIpc) is 3.42. The van der Waals surface area contributed by atoms with E-state index in [2.05, 4.69) is 4.99 Å². The Morgan fingerprint density at radius 1 is 0.737 bits per heavy atom. The number of rotatable bonds is 28. The fourth-order valence-corrected chi connectivity index (χ4v) is 9.94. The summed E-state index contributed by atoms with van der Waals surface area (Å²) in [5, 5.41) is 92.1. The van der Waals surface area contributed by atoms with Crippen LogP contribution in [0.25, 0.3) is 0 Å². The van der Waals surface area contributed by atoms with Crippen LogP contribution in [0.3, 0.4) is 0 Å². The van der Waals surface area contributed by atoms with Crippen LogP contribution < -0.4 is 44.1 Å². The Bertz CT molecular complexity index is 2050. The Labute approximate surface area is 466 Å². The molecular weight excluding hydrogens is 1010 g/mol.